The average Bonchev–Trinajstić information content (AvgIpc) is 3.40. The van der Waals surface area contributed by atoms with E-state index in [9.17, 15) is 4.79 Å². The Morgan fingerprint density at radius 2 is 1.64 bits per heavy atom. The van der Waals surface area contributed by atoms with Gasteiger partial charge < -0.3 is 15.1 Å². The Balaban J connectivity index is 1.18. The molecule has 3 atom stereocenters. The largest absolute Gasteiger partial charge is 0.338 e. The molecule has 3 unspecified atom stereocenters. The topological polar surface area (TPSA) is 61.4 Å². The van der Waals surface area contributed by atoms with Gasteiger partial charge in [-0.25, -0.2) is 9.97 Å². The number of rotatable bonds is 6. The van der Waals surface area contributed by atoms with Gasteiger partial charge in [0.25, 0.3) is 5.91 Å². The van der Waals surface area contributed by atoms with Gasteiger partial charge in [-0.15, -0.1) is 0 Å². The summed E-state index contributed by atoms with van der Waals surface area (Å²) in [5, 5.41) is 3.53. The number of benzene rings is 1. The van der Waals surface area contributed by atoms with Crippen molar-refractivity contribution in [3.63, 3.8) is 0 Å². The van der Waals surface area contributed by atoms with E-state index >= 15 is 0 Å². The normalized spacial score (nSPS) is 24.7. The van der Waals surface area contributed by atoms with Gasteiger partial charge in [-0.2, -0.15) is 0 Å². The van der Waals surface area contributed by atoms with Crippen LogP contribution in [0.25, 0.3) is 0 Å². The van der Waals surface area contributed by atoms with Crippen LogP contribution in [0.4, 0.5) is 0 Å². The van der Waals surface area contributed by atoms with E-state index in [1.807, 2.05) is 18.7 Å². The lowest BCUT2D eigenvalue weighted by Gasteiger charge is -2.32. The number of nitrogens with zero attached hydrogens (tertiary/aromatic N) is 4. The minimum atomic E-state index is 0.113. The van der Waals surface area contributed by atoms with Gasteiger partial charge in [0, 0.05) is 26.2 Å². The number of carbonyl (C=O) groups excluding carboxylic acids is 1. The molecule has 3 fully saturated rings. The molecule has 0 radical (unpaired) electrons. The van der Waals surface area contributed by atoms with E-state index in [2.05, 4.69) is 50.5 Å². The summed E-state index contributed by atoms with van der Waals surface area (Å²) in [6.07, 6.45) is 5.34. The van der Waals surface area contributed by atoms with Crippen LogP contribution in [0.3, 0.4) is 0 Å². The Morgan fingerprint density at radius 3 is 2.27 bits per heavy atom. The standard InChI is InChI=1S/C27H37N5O/c1-19-26(20(2)30-18-29-19)27(33)32-16-23-14-31(15-24(23)17-32)13-10-25(21-6-4-3-5-7-21)22-8-11-28-12-9-22/h3-7,18,22-25,28H,8-17H2,1-2H3. The average molecular weight is 448 g/mol. The van der Waals surface area contributed by atoms with Gasteiger partial charge >= 0.3 is 0 Å². The molecule has 176 valence electrons. The Bertz CT molecular complexity index is 924. The van der Waals surface area contributed by atoms with E-state index in [-0.39, 0.29) is 5.91 Å². The Morgan fingerprint density at radius 1 is 1.00 bits per heavy atom. The first-order valence-electron chi connectivity index (χ1n) is 12.7. The smallest absolute Gasteiger partial charge is 0.257 e. The maximum atomic E-state index is 13.2. The number of nitrogens with one attached hydrogen (secondary N) is 1. The van der Waals surface area contributed by atoms with E-state index < -0.39 is 0 Å². The molecule has 0 bridgehead atoms. The number of aryl methyl sites for hydroxylation is 2. The van der Waals surface area contributed by atoms with Crippen molar-refractivity contribution in [1.82, 2.24) is 25.1 Å². The molecular weight excluding hydrogens is 410 g/mol. The summed E-state index contributed by atoms with van der Waals surface area (Å²) in [7, 11) is 0. The molecule has 6 heteroatoms. The summed E-state index contributed by atoms with van der Waals surface area (Å²) >= 11 is 0. The van der Waals surface area contributed by atoms with Crippen molar-refractivity contribution in [2.75, 3.05) is 45.8 Å². The lowest BCUT2D eigenvalue weighted by molar-refractivity contribution is 0.0771. The third-order valence-electron chi connectivity index (χ3n) is 8.23. The molecule has 1 aromatic heterocycles. The third kappa shape index (κ3) is 4.82. The van der Waals surface area contributed by atoms with Crippen molar-refractivity contribution >= 4 is 5.91 Å². The number of likely N-dealkylation sites (tertiary alicyclic amines) is 2. The van der Waals surface area contributed by atoms with E-state index in [0.29, 0.717) is 23.3 Å². The van der Waals surface area contributed by atoms with Gasteiger partial charge in [-0.1, -0.05) is 30.3 Å². The molecule has 1 N–H and O–H groups in total. The van der Waals surface area contributed by atoms with E-state index in [4.69, 9.17) is 0 Å². The van der Waals surface area contributed by atoms with Gasteiger partial charge in [0.2, 0.25) is 0 Å². The fourth-order valence-corrected chi connectivity index (χ4v) is 6.44. The molecule has 2 aromatic rings. The number of carbonyl (C=O) groups is 1. The highest BCUT2D eigenvalue weighted by Gasteiger charge is 2.42. The second kappa shape index (κ2) is 9.90. The highest BCUT2D eigenvalue weighted by atomic mass is 16.2. The van der Waals surface area contributed by atoms with Crippen LogP contribution >= 0.6 is 0 Å². The van der Waals surface area contributed by atoms with Gasteiger partial charge in [-0.05, 0) is 82.0 Å². The highest BCUT2D eigenvalue weighted by Crippen LogP contribution is 2.36. The third-order valence-corrected chi connectivity index (χ3v) is 8.23. The monoisotopic (exact) mass is 447 g/mol. The molecule has 33 heavy (non-hydrogen) atoms. The molecule has 0 spiro atoms. The molecule has 6 nitrogen and oxygen atoms in total. The molecule has 3 saturated heterocycles. The summed E-state index contributed by atoms with van der Waals surface area (Å²) < 4.78 is 0. The molecule has 3 aliphatic heterocycles. The molecule has 1 aromatic carbocycles. The first-order chi connectivity index (χ1) is 16.1. The highest BCUT2D eigenvalue weighted by molar-refractivity contribution is 5.96. The molecule has 3 aliphatic rings. The van der Waals surface area contributed by atoms with Gasteiger partial charge in [0.15, 0.2) is 0 Å². The van der Waals surface area contributed by atoms with Crippen molar-refractivity contribution in [3.8, 4) is 0 Å². The summed E-state index contributed by atoms with van der Waals surface area (Å²) in [6, 6.07) is 11.2. The number of hydrogen-bond acceptors (Lipinski definition) is 5. The van der Waals surface area contributed by atoms with Crippen LogP contribution in [0.5, 0.6) is 0 Å². The van der Waals surface area contributed by atoms with Crippen LogP contribution < -0.4 is 5.32 Å². The zero-order valence-electron chi connectivity index (χ0n) is 20.0. The SMILES string of the molecule is Cc1ncnc(C)c1C(=O)N1CC2CN(CCC(c3ccccc3)C3CCNCC3)CC2C1. The lowest BCUT2D eigenvalue weighted by Crippen LogP contribution is -2.35. The number of fused-ring (bicyclic) bond motifs is 1. The molecular formula is C27H37N5O. The van der Waals surface area contributed by atoms with Gasteiger partial charge in [-0.3, -0.25) is 4.79 Å². The molecule has 0 aliphatic carbocycles. The summed E-state index contributed by atoms with van der Waals surface area (Å²) in [5.41, 5.74) is 3.78. The quantitative estimate of drug-likeness (QED) is 0.737. The predicted molar refractivity (Wildman–Crippen MR) is 130 cm³/mol. The van der Waals surface area contributed by atoms with Crippen LogP contribution in [-0.2, 0) is 0 Å². The molecule has 1 amide bonds. The van der Waals surface area contributed by atoms with E-state index in [1.54, 1.807) is 6.33 Å². The van der Waals surface area contributed by atoms with Crippen LogP contribution in [0.2, 0.25) is 0 Å². The van der Waals surface area contributed by atoms with Gasteiger partial charge in [0.1, 0.15) is 6.33 Å². The fourth-order valence-electron chi connectivity index (χ4n) is 6.44. The minimum absolute atomic E-state index is 0.113. The first-order valence-corrected chi connectivity index (χ1v) is 12.7. The van der Waals surface area contributed by atoms with Crippen LogP contribution in [0.1, 0.15) is 52.5 Å². The molecule has 5 rings (SSSR count). The fraction of sp³-hybridized carbons (Fsp3) is 0.593. The van der Waals surface area contributed by atoms with Crippen molar-refractivity contribution < 1.29 is 4.79 Å². The Kier molecular flexibility index (Phi) is 6.74. The zero-order chi connectivity index (χ0) is 22.8. The Labute approximate surface area is 197 Å². The number of amides is 1. The summed E-state index contributed by atoms with van der Waals surface area (Å²) in [6.45, 7) is 11.2. The van der Waals surface area contributed by atoms with E-state index in [1.165, 1.54) is 24.8 Å². The maximum absolute atomic E-state index is 13.2. The number of aromatic nitrogens is 2. The van der Waals surface area contributed by atoms with Crippen LogP contribution in [0, 0.1) is 31.6 Å². The Hall–Kier alpha value is -2.31. The molecule has 4 heterocycles. The predicted octanol–water partition coefficient (Wildman–Crippen LogP) is 3.27. The first kappa shape index (κ1) is 22.5. The molecule has 0 saturated carbocycles. The number of piperidine rings is 1. The van der Waals surface area contributed by atoms with E-state index in [0.717, 1.165) is 63.1 Å². The summed E-state index contributed by atoms with van der Waals surface area (Å²) in [4.78, 5) is 26.4. The second-order valence-corrected chi connectivity index (χ2v) is 10.3. The maximum Gasteiger partial charge on any atom is 0.257 e. The number of hydrogen-bond donors (Lipinski definition) is 1. The van der Waals surface area contributed by atoms with Crippen molar-refractivity contribution in [2.45, 2.75) is 39.0 Å². The lowest BCUT2D eigenvalue weighted by atomic mass is 9.78. The van der Waals surface area contributed by atoms with Gasteiger partial charge in [0.05, 0.1) is 17.0 Å². The zero-order valence-corrected chi connectivity index (χ0v) is 20.0. The van der Waals surface area contributed by atoms with Crippen molar-refractivity contribution in [3.05, 3.63) is 59.2 Å². The second-order valence-electron chi connectivity index (χ2n) is 10.3. The van der Waals surface area contributed by atoms with Crippen LogP contribution in [0.15, 0.2) is 36.7 Å². The van der Waals surface area contributed by atoms with Crippen molar-refractivity contribution in [1.29, 1.82) is 0 Å². The van der Waals surface area contributed by atoms with Crippen molar-refractivity contribution in [2.24, 2.45) is 17.8 Å². The van der Waals surface area contributed by atoms with Crippen LogP contribution in [-0.4, -0.2) is 71.5 Å². The summed E-state index contributed by atoms with van der Waals surface area (Å²) in [5.74, 6) is 2.72. The minimum Gasteiger partial charge on any atom is -0.338 e.